The van der Waals surface area contributed by atoms with Crippen molar-refractivity contribution in [1.29, 1.82) is 0 Å². The van der Waals surface area contributed by atoms with Crippen LogP contribution >= 0.6 is 0 Å². The van der Waals surface area contributed by atoms with Gasteiger partial charge in [0.2, 0.25) is 0 Å². The van der Waals surface area contributed by atoms with E-state index in [0.717, 1.165) is 6.42 Å². The van der Waals surface area contributed by atoms with Crippen LogP contribution in [0.1, 0.15) is 40.0 Å². The van der Waals surface area contributed by atoms with Gasteiger partial charge in [0, 0.05) is 18.6 Å². The van der Waals surface area contributed by atoms with Crippen molar-refractivity contribution >= 4 is 12.0 Å². The molecule has 0 aromatic heterocycles. The molecule has 1 saturated carbocycles. The summed E-state index contributed by atoms with van der Waals surface area (Å²) in [5.41, 5.74) is -0.891. The van der Waals surface area contributed by atoms with Gasteiger partial charge in [0.25, 0.3) is 0 Å². The summed E-state index contributed by atoms with van der Waals surface area (Å²) >= 11 is 0. The predicted octanol–water partition coefficient (Wildman–Crippen LogP) is 1.04. The molecule has 6 heteroatoms. The number of carboxylic acids is 1. The van der Waals surface area contributed by atoms with E-state index >= 15 is 0 Å². The smallest absolute Gasteiger partial charge is 0.317 e. The zero-order valence-corrected chi connectivity index (χ0v) is 11.8. The Morgan fingerprint density at radius 1 is 1.47 bits per heavy atom. The van der Waals surface area contributed by atoms with Crippen LogP contribution in [-0.2, 0) is 4.79 Å². The fourth-order valence-corrected chi connectivity index (χ4v) is 2.59. The molecule has 0 spiro atoms. The van der Waals surface area contributed by atoms with Crippen molar-refractivity contribution in [3.05, 3.63) is 0 Å². The van der Waals surface area contributed by atoms with E-state index in [-0.39, 0.29) is 31.3 Å². The van der Waals surface area contributed by atoms with Crippen LogP contribution in [0, 0.1) is 5.41 Å². The van der Waals surface area contributed by atoms with E-state index in [1.807, 2.05) is 13.8 Å². The second-order valence-electron chi connectivity index (χ2n) is 5.63. The summed E-state index contributed by atoms with van der Waals surface area (Å²) in [6.45, 7) is 5.55. The summed E-state index contributed by atoms with van der Waals surface area (Å²) in [7, 11) is 0. The Hall–Kier alpha value is -1.30. The molecule has 0 aliphatic heterocycles. The lowest BCUT2D eigenvalue weighted by atomic mass is 9.85. The van der Waals surface area contributed by atoms with Crippen molar-refractivity contribution in [2.45, 2.75) is 52.1 Å². The topological polar surface area (TPSA) is 89.9 Å². The van der Waals surface area contributed by atoms with E-state index in [9.17, 15) is 14.7 Å². The molecule has 0 aromatic carbocycles. The number of nitrogens with one attached hydrogen (secondary N) is 1. The summed E-state index contributed by atoms with van der Waals surface area (Å²) in [6.07, 6.45) is 2.06. The van der Waals surface area contributed by atoms with Gasteiger partial charge in [-0.25, -0.2) is 4.79 Å². The number of aliphatic hydroxyl groups excluding tert-OH is 1. The lowest BCUT2D eigenvalue weighted by molar-refractivity contribution is -0.148. The second-order valence-corrected chi connectivity index (χ2v) is 5.63. The molecular formula is C13H24N2O4. The number of hydrogen-bond donors (Lipinski definition) is 3. The summed E-state index contributed by atoms with van der Waals surface area (Å²) in [5, 5.41) is 21.1. The van der Waals surface area contributed by atoms with Crippen LogP contribution in [0.15, 0.2) is 0 Å². The molecule has 0 bridgehead atoms. The summed E-state index contributed by atoms with van der Waals surface area (Å²) in [4.78, 5) is 25.0. The van der Waals surface area contributed by atoms with Crippen molar-refractivity contribution < 1.29 is 19.8 Å². The van der Waals surface area contributed by atoms with E-state index in [2.05, 4.69) is 5.32 Å². The standard InChI is InChI=1S/C13H24N2O4/c1-9(2)15(7-8-16)12(19)14-10-5-4-6-13(10,3)11(17)18/h9-10,16H,4-8H2,1-3H3,(H,14,19)(H,17,18). The van der Waals surface area contributed by atoms with Gasteiger partial charge in [-0.05, 0) is 33.6 Å². The first-order chi connectivity index (χ1) is 8.82. The lowest BCUT2D eigenvalue weighted by Crippen LogP contribution is -2.53. The van der Waals surface area contributed by atoms with E-state index in [1.165, 1.54) is 4.90 Å². The Balaban J connectivity index is 2.72. The number of carbonyl (C=O) groups excluding carboxylic acids is 1. The highest BCUT2D eigenvalue weighted by Gasteiger charge is 2.46. The summed E-state index contributed by atoms with van der Waals surface area (Å²) in [5.74, 6) is -0.867. The van der Waals surface area contributed by atoms with Gasteiger partial charge in [0.1, 0.15) is 0 Å². The van der Waals surface area contributed by atoms with Gasteiger partial charge in [0.05, 0.1) is 12.0 Å². The molecule has 2 amide bonds. The molecule has 1 aliphatic carbocycles. The fourth-order valence-electron chi connectivity index (χ4n) is 2.59. The highest BCUT2D eigenvalue weighted by molar-refractivity contribution is 5.79. The maximum atomic E-state index is 12.2. The van der Waals surface area contributed by atoms with Crippen LogP contribution in [0.5, 0.6) is 0 Å². The molecule has 0 radical (unpaired) electrons. The number of amides is 2. The highest BCUT2D eigenvalue weighted by atomic mass is 16.4. The molecule has 1 rings (SSSR count). The Kier molecular flexibility index (Phi) is 5.17. The zero-order valence-electron chi connectivity index (χ0n) is 11.8. The molecule has 0 aromatic rings. The van der Waals surface area contributed by atoms with Crippen molar-refractivity contribution in [2.75, 3.05) is 13.2 Å². The quantitative estimate of drug-likeness (QED) is 0.697. The Morgan fingerprint density at radius 3 is 2.58 bits per heavy atom. The Morgan fingerprint density at radius 2 is 2.11 bits per heavy atom. The van der Waals surface area contributed by atoms with Gasteiger partial charge >= 0.3 is 12.0 Å². The normalized spacial score (nSPS) is 26.5. The van der Waals surface area contributed by atoms with Crippen LogP contribution in [-0.4, -0.2) is 52.3 Å². The molecule has 19 heavy (non-hydrogen) atoms. The Bertz CT molecular complexity index is 346. The number of nitrogens with zero attached hydrogens (tertiary/aromatic N) is 1. The van der Waals surface area contributed by atoms with Gasteiger partial charge < -0.3 is 20.4 Å². The SMILES string of the molecule is CC(C)N(CCO)C(=O)NC1CCCC1(C)C(=O)O. The lowest BCUT2D eigenvalue weighted by Gasteiger charge is -2.32. The maximum absolute atomic E-state index is 12.2. The number of carbonyl (C=O) groups is 2. The molecule has 3 N–H and O–H groups in total. The minimum absolute atomic E-state index is 0.0374. The number of rotatable bonds is 5. The minimum atomic E-state index is -0.891. The maximum Gasteiger partial charge on any atom is 0.317 e. The van der Waals surface area contributed by atoms with Gasteiger partial charge in [-0.3, -0.25) is 4.79 Å². The van der Waals surface area contributed by atoms with Crippen molar-refractivity contribution in [2.24, 2.45) is 5.41 Å². The largest absolute Gasteiger partial charge is 0.481 e. The van der Waals surface area contributed by atoms with E-state index in [4.69, 9.17) is 5.11 Å². The van der Waals surface area contributed by atoms with Crippen LogP contribution in [0.3, 0.4) is 0 Å². The van der Waals surface area contributed by atoms with Crippen molar-refractivity contribution in [3.8, 4) is 0 Å². The predicted molar refractivity (Wildman–Crippen MR) is 70.8 cm³/mol. The average Bonchev–Trinajstić information content (AvgIpc) is 2.68. The average molecular weight is 272 g/mol. The van der Waals surface area contributed by atoms with Gasteiger partial charge in [-0.2, -0.15) is 0 Å². The van der Waals surface area contributed by atoms with E-state index in [1.54, 1.807) is 6.92 Å². The molecule has 6 nitrogen and oxygen atoms in total. The second kappa shape index (κ2) is 6.23. The molecule has 1 fully saturated rings. The van der Waals surface area contributed by atoms with Gasteiger partial charge in [-0.15, -0.1) is 0 Å². The number of hydrogen-bond acceptors (Lipinski definition) is 3. The van der Waals surface area contributed by atoms with Crippen LogP contribution < -0.4 is 5.32 Å². The molecule has 0 heterocycles. The van der Waals surface area contributed by atoms with Crippen molar-refractivity contribution in [1.82, 2.24) is 10.2 Å². The number of urea groups is 1. The Labute approximate surface area is 113 Å². The van der Waals surface area contributed by atoms with Gasteiger partial charge in [-0.1, -0.05) is 6.42 Å². The molecule has 0 saturated heterocycles. The van der Waals surface area contributed by atoms with Crippen LogP contribution in [0.2, 0.25) is 0 Å². The highest BCUT2D eigenvalue weighted by Crippen LogP contribution is 2.38. The zero-order chi connectivity index (χ0) is 14.6. The molecule has 2 atom stereocenters. The first-order valence-corrected chi connectivity index (χ1v) is 6.74. The van der Waals surface area contributed by atoms with E-state index in [0.29, 0.717) is 12.8 Å². The monoisotopic (exact) mass is 272 g/mol. The molecule has 2 unspecified atom stereocenters. The number of aliphatic hydroxyl groups is 1. The first kappa shape index (κ1) is 15.8. The molecule has 110 valence electrons. The van der Waals surface area contributed by atoms with Crippen molar-refractivity contribution in [3.63, 3.8) is 0 Å². The third kappa shape index (κ3) is 3.37. The van der Waals surface area contributed by atoms with Crippen LogP contribution in [0.4, 0.5) is 4.79 Å². The third-order valence-electron chi connectivity index (χ3n) is 3.97. The number of aliphatic carboxylic acids is 1. The third-order valence-corrected chi connectivity index (χ3v) is 3.97. The first-order valence-electron chi connectivity index (χ1n) is 6.74. The molecular weight excluding hydrogens is 248 g/mol. The minimum Gasteiger partial charge on any atom is -0.481 e. The summed E-state index contributed by atoms with van der Waals surface area (Å²) in [6, 6.07) is -0.689. The van der Waals surface area contributed by atoms with Gasteiger partial charge in [0.15, 0.2) is 0 Å². The van der Waals surface area contributed by atoms with E-state index < -0.39 is 11.4 Å². The molecule has 1 aliphatic rings. The number of carboxylic acid groups (broad SMARTS) is 1. The fraction of sp³-hybridized carbons (Fsp3) is 0.846. The van der Waals surface area contributed by atoms with Crippen LogP contribution in [0.25, 0.3) is 0 Å². The summed E-state index contributed by atoms with van der Waals surface area (Å²) < 4.78 is 0.